The van der Waals surface area contributed by atoms with Crippen molar-refractivity contribution in [2.75, 3.05) is 20.3 Å². The van der Waals surface area contributed by atoms with Crippen LogP contribution in [0, 0.1) is 0 Å². The predicted octanol–water partition coefficient (Wildman–Crippen LogP) is 4.84. The summed E-state index contributed by atoms with van der Waals surface area (Å²) in [5.41, 5.74) is 3.47. The average molecular weight is 468 g/mol. The molecule has 1 N–H and O–H groups in total. The first-order chi connectivity index (χ1) is 13.5. The molecule has 0 radical (unpaired) electrons. The van der Waals surface area contributed by atoms with Crippen molar-refractivity contribution >= 4 is 39.7 Å². The predicted molar refractivity (Wildman–Crippen MR) is 114 cm³/mol. The summed E-state index contributed by atoms with van der Waals surface area (Å²) in [5.74, 6) is 0.958. The highest BCUT2D eigenvalue weighted by atomic mass is 79.9. The van der Waals surface area contributed by atoms with Gasteiger partial charge in [0, 0.05) is 4.47 Å². The van der Waals surface area contributed by atoms with Gasteiger partial charge in [0.15, 0.2) is 11.5 Å². The van der Waals surface area contributed by atoms with Crippen LogP contribution in [-0.2, 0) is 0 Å². The van der Waals surface area contributed by atoms with Crippen LogP contribution in [0.2, 0.25) is 5.02 Å². The van der Waals surface area contributed by atoms with Crippen molar-refractivity contribution in [1.29, 1.82) is 0 Å². The lowest BCUT2D eigenvalue weighted by Gasteiger charge is -2.13. The molecule has 0 saturated carbocycles. The third-order valence-corrected chi connectivity index (χ3v) is 4.24. The highest BCUT2D eigenvalue weighted by Gasteiger charge is 2.13. The van der Waals surface area contributed by atoms with E-state index < -0.39 is 5.91 Å². The molecule has 0 saturated heterocycles. The van der Waals surface area contributed by atoms with Crippen LogP contribution in [0.25, 0.3) is 0 Å². The lowest BCUT2D eigenvalue weighted by atomic mass is 10.2. The van der Waals surface area contributed by atoms with Crippen molar-refractivity contribution in [2.24, 2.45) is 5.10 Å². The quantitative estimate of drug-likeness (QED) is 0.325. The SMILES string of the molecule is C=CCOc1c(Cl)cc(/C=N\NC(=O)c2cc(Br)ccc2OC)cc1OCC. The van der Waals surface area contributed by atoms with Crippen LogP contribution in [-0.4, -0.2) is 32.4 Å². The van der Waals surface area contributed by atoms with Crippen LogP contribution >= 0.6 is 27.5 Å². The Bertz CT molecular complexity index is 887. The third kappa shape index (κ3) is 5.74. The molecule has 2 aromatic carbocycles. The van der Waals surface area contributed by atoms with Crippen LogP contribution < -0.4 is 19.6 Å². The molecule has 0 fully saturated rings. The number of hydrazone groups is 1. The Morgan fingerprint density at radius 1 is 1.29 bits per heavy atom. The van der Waals surface area contributed by atoms with E-state index in [0.717, 1.165) is 4.47 Å². The van der Waals surface area contributed by atoms with Crippen LogP contribution in [0.3, 0.4) is 0 Å². The van der Waals surface area contributed by atoms with Crippen molar-refractivity contribution in [2.45, 2.75) is 6.92 Å². The van der Waals surface area contributed by atoms with Gasteiger partial charge in [-0.1, -0.05) is 40.2 Å². The smallest absolute Gasteiger partial charge is 0.275 e. The molecule has 0 spiro atoms. The molecule has 0 heterocycles. The summed E-state index contributed by atoms with van der Waals surface area (Å²) in [6.45, 7) is 6.22. The number of ether oxygens (including phenoxy) is 3. The Hall–Kier alpha value is -2.51. The van der Waals surface area contributed by atoms with Gasteiger partial charge in [-0.3, -0.25) is 4.79 Å². The fraction of sp³-hybridized carbons (Fsp3) is 0.200. The summed E-state index contributed by atoms with van der Waals surface area (Å²) < 4.78 is 17.1. The number of hydrogen-bond donors (Lipinski definition) is 1. The van der Waals surface area contributed by atoms with Gasteiger partial charge >= 0.3 is 0 Å². The number of nitrogens with one attached hydrogen (secondary N) is 1. The lowest BCUT2D eigenvalue weighted by Crippen LogP contribution is -2.18. The Morgan fingerprint density at radius 3 is 2.75 bits per heavy atom. The molecule has 0 aliphatic heterocycles. The minimum Gasteiger partial charge on any atom is -0.496 e. The number of carbonyl (C=O) groups is 1. The average Bonchev–Trinajstić information content (AvgIpc) is 2.67. The molecule has 2 rings (SSSR count). The number of halogens is 2. The first kappa shape index (κ1) is 21.8. The molecule has 0 atom stereocenters. The second-order valence-corrected chi connectivity index (χ2v) is 6.73. The summed E-state index contributed by atoms with van der Waals surface area (Å²) in [7, 11) is 1.50. The van der Waals surface area contributed by atoms with E-state index in [1.807, 2.05) is 6.92 Å². The highest BCUT2D eigenvalue weighted by molar-refractivity contribution is 9.10. The first-order valence-corrected chi connectivity index (χ1v) is 9.54. The molecule has 2 aromatic rings. The van der Waals surface area contributed by atoms with Gasteiger partial charge in [0.25, 0.3) is 5.91 Å². The maximum absolute atomic E-state index is 12.4. The van der Waals surface area contributed by atoms with Crippen LogP contribution in [0.1, 0.15) is 22.8 Å². The van der Waals surface area contributed by atoms with E-state index in [1.54, 1.807) is 36.4 Å². The molecule has 0 unspecified atom stereocenters. The number of carbonyl (C=O) groups excluding carboxylic acids is 1. The molecule has 8 heteroatoms. The van der Waals surface area contributed by atoms with E-state index >= 15 is 0 Å². The zero-order chi connectivity index (χ0) is 20.5. The summed E-state index contributed by atoms with van der Waals surface area (Å²) >= 11 is 9.62. The lowest BCUT2D eigenvalue weighted by molar-refractivity contribution is 0.0952. The van der Waals surface area contributed by atoms with E-state index in [1.165, 1.54) is 13.3 Å². The topological polar surface area (TPSA) is 69.2 Å². The van der Waals surface area contributed by atoms with Gasteiger partial charge in [0.2, 0.25) is 0 Å². The van der Waals surface area contributed by atoms with Gasteiger partial charge in [0.05, 0.1) is 30.5 Å². The van der Waals surface area contributed by atoms with E-state index in [-0.39, 0.29) is 0 Å². The third-order valence-electron chi connectivity index (χ3n) is 3.46. The summed E-state index contributed by atoms with van der Waals surface area (Å²) in [6.07, 6.45) is 3.08. The maximum atomic E-state index is 12.4. The van der Waals surface area contributed by atoms with E-state index in [0.29, 0.717) is 46.6 Å². The Kier molecular flexibility index (Phi) is 8.35. The molecule has 0 aromatic heterocycles. The zero-order valence-electron chi connectivity index (χ0n) is 15.5. The standard InChI is InChI=1S/C20H20BrClN2O4/c1-4-8-28-19-16(22)9-13(10-18(19)27-5-2)12-23-24-20(25)15-11-14(21)6-7-17(15)26-3/h4,6-7,9-12H,1,5,8H2,2-3H3,(H,24,25)/b23-12-. The number of rotatable bonds is 9. The van der Waals surface area contributed by atoms with Gasteiger partial charge in [-0.15, -0.1) is 0 Å². The van der Waals surface area contributed by atoms with Gasteiger partial charge in [-0.25, -0.2) is 5.43 Å². The zero-order valence-corrected chi connectivity index (χ0v) is 17.8. The monoisotopic (exact) mass is 466 g/mol. The number of nitrogens with zero attached hydrogens (tertiary/aromatic N) is 1. The molecule has 6 nitrogen and oxygen atoms in total. The first-order valence-electron chi connectivity index (χ1n) is 8.37. The van der Waals surface area contributed by atoms with Gasteiger partial charge in [-0.05, 0) is 42.8 Å². The molecule has 1 amide bonds. The molecule has 148 valence electrons. The second-order valence-electron chi connectivity index (χ2n) is 5.41. The normalized spacial score (nSPS) is 10.6. The summed E-state index contributed by atoms with van der Waals surface area (Å²) in [6, 6.07) is 8.52. The summed E-state index contributed by atoms with van der Waals surface area (Å²) in [4.78, 5) is 12.4. The second kappa shape index (κ2) is 10.7. The Balaban J connectivity index is 2.18. The van der Waals surface area contributed by atoms with Crippen molar-refractivity contribution in [3.05, 3.63) is 63.6 Å². The minimum atomic E-state index is -0.406. The number of amides is 1. The van der Waals surface area contributed by atoms with Crippen molar-refractivity contribution in [3.63, 3.8) is 0 Å². The van der Waals surface area contributed by atoms with Crippen molar-refractivity contribution in [1.82, 2.24) is 5.43 Å². The number of hydrogen-bond acceptors (Lipinski definition) is 5. The highest BCUT2D eigenvalue weighted by Crippen LogP contribution is 2.36. The maximum Gasteiger partial charge on any atom is 0.275 e. The van der Waals surface area contributed by atoms with Crippen LogP contribution in [0.4, 0.5) is 0 Å². The van der Waals surface area contributed by atoms with E-state index in [4.69, 9.17) is 25.8 Å². The van der Waals surface area contributed by atoms with Gasteiger partial charge in [0.1, 0.15) is 12.4 Å². The Labute approximate surface area is 177 Å². The Morgan fingerprint density at radius 2 is 2.07 bits per heavy atom. The molecule has 0 bridgehead atoms. The van der Waals surface area contributed by atoms with Crippen molar-refractivity contribution < 1.29 is 19.0 Å². The van der Waals surface area contributed by atoms with Crippen molar-refractivity contribution in [3.8, 4) is 17.2 Å². The number of benzene rings is 2. The molecule has 0 aliphatic carbocycles. The van der Waals surface area contributed by atoms with E-state index in [9.17, 15) is 4.79 Å². The fourth-order valence-electron chi connectivity index (χ4n) is 2.29. The largest absolute Gasteiger partial charge is 0.496 e. The van der Waals surface area contributed by atoms with Crippen LogP contribution in [0.5, 0.6) is 17.2 Å². The van der Waals surface area contributed by atoms with E-state index in [2.05, 4.69) is 33.0 Å². The van der Waals surface area contributed by atoms with Gasteiger partial charge < -0.3 is 14.2 Å². The summed E-state index contributed by atoms with van der Waals surface area (Å²) in [5, 5.41) is 4.36. The van der Waals surface area contributed by atoms with Gasteiger partial charge in [-0.2, -0.15) is 5.10 Å². The number of methoxy groups -OCH3 is 1. The minimum absolute atomic E-state index is 0.303. The fourth-order valence-corrected chi connectivity index (χ4v) is 2.93. The molecular weight excluding hydrogens is 448 g/mol. The van der Waals surface area contributed by atoms with Crippen LogP contribution in [0.15, 0.2) is 52.6 Å². The molecular formula is C20H20BrClN2O4. The molecule has 28 heavy (non-hydrogen) atoms. The molecule has 0 aliphatic rings.